The molecule has 0 amide bonds. The van der Waals surface area contributed by atoms with Gasteiger partial charge in [-0.2, -0.15) is 0 Å². The fraction of sp³-hybridized carbons (Fsp3) is 0.0714. The summed E-state index contributed by atoms with van der Waals surface area (Å²) in [4.78, 5) is 21.8. The number of nitro benzene ring substituents is 1. The molecule has 0 atom stereocenters. The van der Waals surface area contributed by atoms with Crippen LogP contribution < -0.4 is 4.74 Å². The van der Waals surface area contributed by atoms with Crippen LogP contribution in [0.15, 0.2) is 46.9 Å². The van der Waals surface area contributed by atoms with E-state index >= 15 is 0 Å². The molecule has 0 aliphatic rings. The third-order valence-corrected chi connectivity index (χ3v) is 3.07. The Balaban J connectivity index is 2.37. The van der Waals surface area contributed by atoms with Crippen LogP contribution in [0.1, 0.15) is 17.3 Å². The fourth-order valence-corrected chi connectivity index (χ4v) is 2.01. The van der Waals surface area contributed by atoms with Crippen molar-refractivity contribution in [3.8, 4) is 11.5 Å². The zero-order chi connectivity index (χ0) is 14.7. The van der Waals surface area contributed by atoms with E-state index in [9.17, 15) is 14.9 Å². The van der Waals surface area contributed by atoms with Gasteiger partial charge in [-0.1, -0.05) is 22.0 Å². The van der Waals surface area contributed by atoms with Crippen LogP contribution in [0.5, 0.6) is 11.5 Å². The number of Topliss-reactive ketones (excluding diaryl/α,β-unsaturated/α-hetero) is 1. The largest absolute Gasteiger partial charge is 0.456 e. The summed E-state index contributed by atoms with van der Waals surface area (Å²) in [6.07, 6.45) is 0. The van der Waals surface area contributed by atoms with Crippen LogP contribution in [0.2, 0.25) is 0 Å². The summed E-state index contributed by atoms with van der Waals surface area (Å²) in [5.74, 6) is 0.525. The van der Waals surface area contributed by atoms with E-state index < -0.39 is 4.92 Å². The average Bonchev–Trinajstić information content (AvgIpc) is 2.41. The van der Waals surface area contributed by atoms with E-state index in [2.05, 4.69) is 15.9 Å². The molecule has 0 bridgehead atoms. The summed E-state index contributed by atoms with van der Waals surface area (Å²) >= 11 is 3.28. The highest BCUT2D eigenvalue weighted by Gasteiger charge is 2.12. The molecule has 0 spiro atoms. The molecule has 0 fully saturated rings. The van der Waals surface area contributed by atoms with Gasteiger partial charge in [0.1, 0.15) is 11.5 Å². The van der Waals surface area contributed by atoms with Gasteiger partial charge in [0.15, 0.2) is 5.78 Å². The Hall–Kier alpha value is -2.21. The van der Waals surface area contributed by atoms with Crippen molar-refractivity contribution in [3.05, 3.63) is 62.6 Å². The second kappa shape index (κ2) is 5.83. The van der Waals surface area contributed by atoms with Crippen molar-refractivity contribution in [1.82, 2.24) is 0 Å². The van der Waals surface area contributed by atoms with Gasteiger partial charge >= 0.3 is 0 Å². The van der Waals surface area contributed by atoms with Gasteiger partial charge in [0, 0.05) is 10.5 Å². The first kappa shape index (κ1) is 14.2. The Morgan fingerprint density at radius 3 is 2.65 bits per heavy atom. The third-order valence-electron chi connectivity index (χ3n) is 2.58. The van der Waals surface area contributed by atoms with Crippen LogP contribution >= 0.6 is 15.9 Å². The Morgan fingerprint density at radius 1 is 1.25 bits per heavy atom. The number of hydrogen-bond donors (Lipinski definition) is 0. The van der Waals surface area contributed by atoms with E-state index in [0.29, 0.717) is 17.1 Å². The Labute approximate surface area is 123 Å². The van der Waals surface area contributed by atoms with Gasteiger partial charge in [-0.15, -0.1) is 0 Å². The van der Waals surface area contributed by atoms with Crippen LogP contribution in [0.3, 0.4) is 0 Å². The topological polar surface area (TPSA) is 69.4 Å². The van der Waals surface area contributed by atoms with Gasteiger partial charge < -0.3 is 4.74 Å². The number of rotatable bonds is 4. The lowest BCUT2D eigenvalue weighted by Gasteiger charge is -2.09. The Morgan fingerprint density at radius 2 is 2.00 bits per heavy atom. The molecule has 0 radical (unpaired) electrons. The lowest BCUT2D eigenvalue weighted by atomic mass is 10.1. The maximum atomic E-state index is 11.6. The smallest absolute Gasteiger partial charge is 0.273 e. The number of halogens is 1. The highest BCUT2D eigenvalue weighted by Crippen LogP contribution is 2.30. The molecular formula is C14H10BrNO4. The van der Waals surface area contributed by atoms with E-state index in [4.69, 9.17) is 4.74 Å². The molecule has 2 aromatic rings. The highest BCUT2D eigenvalue weighted by atomic mass is 79.9. The van der Waals surface area contributed by atoms with Gasteiger partial charge in [-0.3, -0.25) is 14.9 Å². The summed E-state index contributed by atoms with van der Waals surface area (Å²) < 4.78 is 6.33. The molecule has 0 saturated heterocycles. The molecule has 0 saturated carbocycles. The van der Waals surface area contributed by atoms with Crippen molar-refractivity contribution in [3.63, 3.8) is 0 Å². The summed E-state index contributed by atoms with van der Waals surface area (Å²) in [5, 5.41) is 10.7. The maximum absolute atomic E-state index is 11.6. The lowest BCUT2D eigenvalue weighted by Crippen LogP contribution is -1.97. The second-order valence-electron chi connectivity index (χ2n) is 4.05. The van der Waals surface area contributed by atoms with E-state index in [0.717, 1.165) is 4.47 Å². The van der Waals surface area contributed by atoms with Crippen LogP contribution in [0.25, 0.3) is 0 Å². The van der Waals surface area contributed by atoms with Crippen LogP contribution in [-0.2, 0) is 0 Å². The molecule has 2 aromatic carbocycles. The molecule has 6 heteroatoms. The predicted molar refractivity (Wildman–Crippen MR) is 77.3 cm³/mol. The summed E-state index contributed by atoms with van der Waals surface area (Å²) in [5.41, 5.74) is 0.342. The summed E-state index contributed by atoms with van der Waals surface area (Å²) in [6, 6.07) is 10.8. The normalized spacial score (nSPS) is 10.1. The second-order valence-corrected chi connectivity index (χ2v) is 4.97. The van der Waals surface area contributed by atoms with E-state index in [1.807, 2.05) is 0 Å². The van der Waals surface area contributed by atoms with Crippen LogP contribution in [0, 0.1) is 10.1 Å². The SMILES string of the molecule is CC(=O)c1cc(Br)ccc1Oc1cccc([N+](=O)[O-])c1. The van der Waals surface area contributed by atoms with Crippen molar-refractivity contribution >= 4 is 27.4 Å². The Bertz CT molecular complexity index is 685. The van der Waals surface area contributed by atoms with Crippen molar-refractivity contribution < 1.29 is 14.5 Å². The number of nitro groups is 1. The molecule has 0 heterocycles. The highest BCUT2D eigenvalue weighted by molar-refractivity contribution is 9.10. The summed E-state index contributed by atoms with van der Waals surface area (Å²) in [7, 11) is 0. The van der Waals surface area contributed by atoms with Gasteiger partial charge in [0.2, 0.25) is 0 Å². The first-order chi connectivity index (χ1) is 9.47. The number of non-ortho nitro benzene ring substituents is 1. The minimum atomic E-state index is -0.500. The zero-order valence-corrected chi connectivity index (χ0v) is 12.1. The molecule has 102 valence electrons. The van der Waals surface area contributed by atoms with Gasteiger partial charge in [-0.25, -0.2) is 0 Å². The molecule has 0 aliphatic carbocycles. The molecule has 2 rings (SSSR count). The molecule has 0 aromatic heterocycles. The third kappa shape index (κ3) is 3.21. The van der Waals surface area contributed by atoms with Gasteiger partial charge in [-0.05, 0) is 31.2 Å². The average molecular weight is 336 g/mol. The molecule has 0 aliphatic heterocycles. The van der Waals surface area contributed by atoms with Crippen LogP contribution in [0.4, 0.5) is 5.69 Å². The van der Waals surface area contributed by atoms with Gasteiger partial charge in [0.25, 0.3) is 5.69 Å². The predicted octanol–water partition coefficient (Wildman–Crippen LogP) is 4.35. The van der Waals surface area contributed by atoms with Crippen LogP contribution in [-0.4, -0.2) is 10.7 Å². The Kier molecular flexibility index (Phi) is 4.14. The molecular weight excluding hydrogens is 326 g/mol. The number of ketones is 1. The quantitative estimate of drug-likeness (QED) is 0.473. The zero-order valence-electron chi connectivity index (χ0n) is 10.5. The first-order valence-corrected chi connectivity index (χ1v) is 6.49. The molecule has 0 N–H and O–H groups in total. The number of hydrogen-bond acceptors (Lipinski definition) is 4. The number of benzene rings is 2. The summed E-state index contributed by atoms with van der Waals surface area (Å²) in [6.45, 7) is 1.43. The standard InChI is InChI=1S/C14H10BrNO4/c1-9(17)13-7-10(15)5-6-14(13)20-12-4-2-3-11(8-12)16(18)19/h2-8H,1H3. The van der Waals surface area contributed by atoms with Crippen molar-refractivity contribution in [1.29, 1.82) is 0 Å². The minimum absolute atomic E-state index is 0.0658. The number of nitrogens with zero attached hydrogens (tertiary/aromatic N) is 1. The van der Waals surface area contributed by atoms with Crippen molar-refractivity contribution in [2.24, 2.45) is 0 Å². The number of carbonyl (C=O) groups is 1. The molecule has 20 heavy (non-hydrogen) atoms. The maximum Gasteiger partial charge on any atom is 0.273 e. The van der Waals surface area contributed by atoms with E-state index in [1.54, 1.807) is 24.3 Å². The number of carbonyl (C=O) groups excluding carboxylic acids is 1. The monoisotopic (exact) mass is 335 g/mol. The first-order valence-electron chi connectivity index (χ1n) is 5.70. The lowest BCUT2D eigenvalue weighted by molar-refractivity contribution is -0.384. The fourth-order valence-electron chi connectivity index (χ4n) is 1.65. The van der Waals surface area contributed by atoms with Crippen molar-refractivity contribution in [2.45, 2.75) is 6.92 Å². The molecule has 0 unspecified atom stereocenters. The van der Waals surface area contributed by atoms with Crippen molar-refractivity contribution in [2.75, 3.05) is 0 Å². The number of ether oxygens (including phenoxy) is 1. The van der Waals surface area contributed by atoms with E-state index in [1.165, 1.54) is 25.1 Å². The van der Waals surface area contributed by atoms with Gasteiger partial charge in [0.05, 0.1) is 16.6 Å². The van der Waals surface area contributed by atoms with E-state index in [-0.39, 0.29) is 11.5 Å². The molecule has 5 nitrogen and oxygen atoms in total. The minimum Gasteiger partial charge on any atom is -0.456 e.